The van der Waals surface area contributed by atoms with Crippen LogP contribution in [-0.2, 0) is 4.79 Å². The molecule has 0 spiro atoms. The Morgan fingerprint density at radius 1 is 1.42 bits per heavy atom. The Morgan fingerprint density at radius 3 is 2.63 bits per heavy atom. The van der Waals surface area contributed by atoms with E-state index in [9.17, 15) is 4.79 Å². The Hall–Kier alpha value is -0.650. The van der Waals surface area contributed by atoms with Crippen molar-refractivity contribution >= 4 is 5.91 Å². The lowest BCUT2D eigenvalue weighted by molar-refractivity contribution is -0.130. The quantitative estimate of drug-likeness (QED) is 0.776. The first-order valence-corrected chi connectivity index (χ1v) is 7.34. The zero-order valence-corrected chi connectivity index (χ0v) is 12.9. The first-order valence-electron chi connectivity index (χ1n) is 7.34. The molecule has 0 radical (unpaired) electrons. The number of nitrogens with zero attached hydrogens (tertiary/aromatic N) is 3. The molecular formula is C14H30N4O. The molecule has 5 nitrogen and oxygen atoms in total. The highest BCUT2D eigenvalue weighted by Gasteiger charge is 2.29. The first kappa shape index (κ1) is 16.4. The average molecular weight is 270 g/mol. The number of carbonyl (C=O) groups is 1. The van der Waals surface area contributed by atoms with Crippen LogP contribution < -0.4 is 5.73 Å². The molecule has 0 aliphatic carbocycles. The second-order valence-electron chi connectivity index (χ2n) is 5.80. The van der Waals surface area contributed by atoms with E-state index in [2.05, 4.69) is 23.8 Å². The number of hydrogen-bond acceptors (Lipinski definition) is 4. The fraction of sp³-hybridized carbons (Fsp3) is 0.929. The van der Waals surface area contributed by atoms with E-state index in [1.165, 1.54) is 0 Å². The van der Waals surface area contributed by atoms with Crippen molar-refractivity contribution in [2.75, 3.05) is 47.3 Å². The molecule has 19 heavy (non-hydrogen) atoms. The summed E-state index contributed by atoms with van der Waals surface area (Å²) in [5, 5.41) is 0. The average Bonchev–Trinajstić information content (AvgIpc) is 2.56. The van der Waals surface area contributed by atoms with Crippen LogP contribution in [0.3, 0.4) is 0 Å². The number of carbonyl (C=O) groups excluding carboxylic acids is 1. The summed E-state index contributed by atoms with van der Waals surface area (Å²) in [7, 11) is 5.79. The minimum Gasteiger partial charge on any atom is -0.349 e. The molecule has 1 aliphatic heterocycles. The lowest BCUT2D eigenvalue weighted by atomic mass is 10.1. The van der Waals surface area contributed by atoms with Crippen molar-refractivity contribution in [3.05, 3.63) is 0 Å². The van der Waals surface area contributed by atoms with E-state index in [1.54, 1.807) is 4.90 Å². The molecule has 2 atom stereocenters. The fourth-order valence-electron chi connectivity index (χ4n) is 2.83. The molecule has 1 fully saturated rings. The molecule has 0 aromatic rings. The molecule has 5 heteroatoms. The summed E-state index contributed by atoms with van der Waals surface area (Å²) in [5.74, 6) is 0.169. The van der Waals surface area contributed by atoms with Crippen LogP contribution in [0.2, 0.25) is 0 Å². The van der Waals surface area contributed by atoms with Gasteiger partial charge in [0.1, 0.15) is 0 Å². The van der Waals surface area contributed by atoms with Gasteiger partial charge in [-0.3, -0.25) is 9.69 Å². The summed E-state index contributed by atoms with van der Waals surface area (Å²) in [5.41, 5.74) is 5.93. The summed E-state index contributed by atoms with van der Waals surface area (Å²) >= 11 is 0. The third-order valence-electron chi connectivity index (χ3n) is 4.07. The lowest BCUT2D eigenvalue weighted by Crippen LogP contribution is -2.50. The van der Waals surface area contributed by atoms with E-state index in [1.807, 2.05) is 14.1 Å². The van der Waals surface area contributed by atoms with E-state index in [0.29, 0.717) is 19.0 Å². The summed E-state index contributed by atoms with van der Waals surface area (Å²) in [6, 6.07) is 0.683. The SMILES string of the molecule is CCC1CN(C)CCCN1C(CN)CC(=O)N(C)C. The number of nitrogens with two attached hydrogens (primary N) is 1. The Balaban J connectivity index is 2.73. The third kappa shape index (κ3) is 4.75. The van der Waals surface area contributed by atoms with Crippen LogP contribution in [0.15, 0.2) is 0 Å². The van der Waals surface area contributed by atoms with Crippen molar-refractivity contribution in [1.82, 2.24) is 14.7 Å². The third-order valence-corrected chi connectivity index (χ3v) is 4.07. The molecule has 1 rings (SSSR count). The number of rotatable bonds is 5. The van der Waals surface area contributed by atoms with E-state index >= 15 is 0 Å². The maximum Gasteiger partial charge on any atom is 0.223 e. The molecule has 1 aliphatic rings. The minimum absolute atomic E-state index is 0.169. The number of likely N-dealkylation sites (N-methyl/N-ethyl adjacent to an activating group) is 1. The highest BCUT2D eigenvalue weighted by Crippen LogP contribution is 2.17. The molecule has 112 valence electrons. The van der Waals surface area contributed by atoms with E-state index in [0.717, 1.165) is 32.5 Å². The van der Waals surface area contributed by atoms with Crippen LogP contribution >= 0.6 is 0 Å². The van der Waals surface area contributed by atoms with Crippen LogP contribution in [-0.4, -0.2) is 80.0 Å². The molecule has 1 heterocycles. The van der Waals surface area contributed by atoms with Crippen LogP contribution in [0.1, 0.15) is 26.2 Å². The topological polar surface area (TPSA) is 52.8 Å². The van der Waals surface area contributed by atoms with Crippen LogP contribution in [0.25, 0.3) is 0 Å². The summed E-state index contributed by atoms with van der Waals surface area (Å²) < 4.78 is 0. The van der Waals surface area contributed by atoms with Crippen LogP contribution in [0, 0.1) is 0 Å². The fourth-order valence-corrected chi connectivity index (χ4v) is 2.83. The Kier molecular flexibility index (Phi) is 6.75. The van der Waals surface area contributed by atoms with E-state index < -0.39 is 0 Å². The molecule has 2 N–H and O–H groups in total. The highest BCUT2D eigenvalue weighted by molar-refractivity contribution is 5.76. The molecule has 0 saturated carbocycles. The number of hydrogen-bond donors (Lipinski definition) is 1. The Bertz CT molecular complexity index is 283. The van der Waals surface area contributed by atoms with Gasteiger partial charge in [0.2, 0.25) is 5.91 Å². The van der Waals surface area contributed by atoms with Gasteiger partial charge in [0.15, 0.2) is 0 Å². The van der Waals surface area contributed by atoms with Gasteiger partial charge in [-0.2, -0.15) is 0 Å². The molecule has 0 aromatic carbocycles. The van der Waals surface area contributed by atoms with Gasteiger partial charge in [-0.15, -0.1) is 0 Å². The van der Waals surface area contributed by atoms with Crippen molar-refractivity contribution < 1.29 is 4.79 Å². The first-order chi connectivity index (χ1) is 8.99. The van der Waals surface area contributed by atoms with Gasteiger partial charge < -0.3 is 15.5 Å². The predicted molar refractivity (Wildman–Crippen MR) is 79.1 cm³/mol. The minimum atomic E-state index is 0.169. The van der Waals surface area contributed by atoms with Gasteiger partial charge in [-0.05, 0) is 26.4 Å². The van der Waals surface area contributed by atoms with Gasteiger partial charge in [0.05, 0.1) is 0 Å². The van der Waals surface area contributed by atoms with Crippen LogP contribution in [0.5, 0.6) is 0 Å². The predicted octanol–water partition coefficient (Wildman–Crippen LogP) is 0.208. The molecular weight excluding hydrogens is 240 g/mol. The summed E-state index contributed by atoms with van der Waals surface area (Å²) in [6.07, 6.45) is 2.79. The molecule has 1 amide bonds. The molecule has 0 aromatic heterocycles. The standard InChI is InChI=1S/C14H30N4O/c1-5-12-11-17(4)7-6-8-18(12)13(10-15)9-14(19)16(2)3/h12-13H,5-11,15H2,1-4H3. The molecule has 2 unspecified atom stereocenters. The smallest absolute Gasteiger partial charge is 0.223 e. The van der Waals surface area contributed by atoms with Crippen molar-refractivity contribution in [2.24, 2.45) is 5.73 Å². The maximum atomic E-state index is 11.9. The van der Waals surface area contributed by atoms with Gasteiger partial charge in [0, 0.05) is 52.2 Å². The maximum absolute atomic E-state index is 11.9. The van der Waals surface area contributed by atoms with Crippen molar-refractivity contribution in [2.45, 2.75) is 38.3 Å². The highest BCUT2D eigenvalue weighted by atomic mass is 16.2. The summed E-state index contributed by atoms with van der Waals surface area (Å²) in [6.45, 7) is 6.03. The monoisotopic (exact) mass is 270 g/mol. The molecule has 1 saturated heterocycles. The van der Waals surface area contributed by atoms with E-state index in [-0.39, 0.29) is 11.9 Å². The van der Waals surface area contributed by atoms with Crippen molar-refractivity contribution in [1.29, 1.82) is 0 Å². The van der Waals surface area contributed by atoms with Gasteiger partial charge in [0.25, 0.3) is 0 Å². The Morgan fingerprint density at radius 2 is 2.11 bits per heavy atom. The number of amides is 1. The largest absolute Gasteiger partial charge is 0.349 e. The van der Waals surface area contributed by atoms with Crippen LogP contribution in [0.4, 0.5) is 0 Å². The lowest BCUT2D eigenvalue weighted by Gasteiger charge is -2.36. The zero-order valence-electron chi connectivity index (χ0n) is 12.9. The van der Waals surface area contributed by atoms with Crippen molar-refractivity contribution in [3.8, 4) is 0 Å². The van der Waals surface area contributed by atoms with Gasteiger partial charge in [-0.25, -0.2) is 0 Å². The molecule has 0 bridgehead atoms. The second-order valence-corrected chi connectivity index (χ2v) is 5.80. The normalized spacial score (nSPS) is 23.9. The van der Waals surface area contributed by atoms with Gasteiger partial charge >= 0.3 is 0 Å². The summed E-state index contributed by atoms with van der Waals surface area (Å²) in [4.78, 5) is 18.4. The van der Waals surface area contributed by atoms with E-state index in [4.69, 9.17) is 5.73 Å². The van der Waals surface area contributed by atoms with Crippen molar-refractivity contribution in [3.63, 3.8) is 0 Å². The second kappa shape index (κ2) is 7.82. The Labute approximate surface area is 117 Å². The van der Waals surface area contributed by atoms with Gasteiger partial charge in [-0.1, -0.05) is 6.92 Å². The zero-order chi connectivity index (χ0) is 14.4.